The molecule has 0 aliphatic carbocycles. The summed E-state index contributed by atoms with van der Waals surface area (Å²) in [6.07, 6.45) is 3.89. The lowest BCUT2D eigenvalue weighted by Crippen LogP contribution is -2.44. The standard InChI is InChI=1S/C17H20N2O4S/c1-22-13-7-5-12(6-8-13)18-16(20)14(9-11-24-2)19-17(21)15-4-3-10-23-15/h3-8,10,14H,9,11H2,1-2H3,(H,18,20)(H,19,21)/t14-/m1/s1. The number of benzene rings is 1. The van der Waals surface area contributed by atoms with Crippen molar-refractivity contribution in [3.63, 3.8) is 0 Å². The number of rotatable bonds is 8. The molecule has 1 atom stereocenters. The second-order valence-corrected chi connectivity index (χ2v) is 5.99. The van der Waals surface area contributed by atoms with Crippen LogP contribution < -0.4 is 15.4 Å². The van der Waals surface area contributed by atoms with Crippen LogP contribution in [0.3, 0.4) is 0 Å². The highest BCUT2D eigenvalue weighted by molar-refractivity contribution is 7.98. The lowest BCUT2D eigenvalue weighted by atomic mass is 10.2. The molecule has 0 fully saturated rings. The van der Waals surface area contributed by atoms with Crippen LogP contribution in [0.2, 0.25) is 0 Å². The first-order valence-electron chi connectivity index (χ1n) is 7.42. The maximum atomic E-state index is 12.5. The Morgan fingerprint density at radius 3 is 2.58 bits per heavy atom. The van der Waals surface area contributed by atoms with Crippen molar-refractivity contribution in [1.82, 2.24) is 5.32 Å². The van der Waals surface area contributed by atoms with Crippen LogP contribution in [0.5, 0.6) is 5.75 Å². The fraction of sp³-hybridized carbons (Fsp3) is 0.294. The quantitative estimate of drug-likeness (QED) is 0.767. The van der Waals surface area contributed by atoms with Gasteiger partial charge in [0.1, 0.15) is 11.8 Å². The first-order chi connectivity index (χ1) is 11.6. The molecule has 2 aromatic rings. The molecular formula is C17H20N2O4S. The number of anilines is 1. The number of ether oxygens (including phenoxy) is 1. The Morgan fingerprint density at radius 1 is 1.25 bits per heavy atom. The Kier molecular flexibility index (Phi) is 6.74. The van der Waals surface area contributed by atoms with Gasteiger partial charge in [-0.05, 0) is 54.8 Å². The van der Waals surface area contributed by atoms with Crippen LogP contribution in [0.15, 0.2) is 47.1 Å². The van der Waals surface area contributed by atoms with Gasteiger partial charge in [0.25, 0.3) is 5.91 Å². The van der Waals surface area contributed by atoms with Crippen molar-refractivity contribution in [1.29, 1.82) is 0 Å². The van der Waals surface area contributed by atoms with E-state index in [2.05, 4.69) is 10.6 Å². The van der Waals surface area contributed by atoms with Crippen molar-refractivity contribution >= 4 is 29.3 Å². The van der Waals surface area contributed by atoms with E-state index < -0.39 is 11.9 Å². The number of carbonyl (C=O) groups is 2. The third-order valence-electron chi connectivity index (χ3n) is 3.33. The molecule has 128 valence electrons. The van der Waals surface area contributed by atoms with Crippen LogP contribution in [0.25, 0.3) is 0 Å². The Hall–Kier alpha value is -2.41. The highest BCUT2D eigenvalue weighted by Crippen LogP contribution is 2.16. The van der Waals surface area contributed by atoms with Gasteiger partial charge in [-0.2, -0.15) is 11.8 Å². The summed E-state index contributed by atoms with van der Waals surface area (Å²) in [5.41, 5.74) is 0.641. The molecule has 1 heterocycles. The minimum atomic E-state index is -0.642. The van der Waals surface area contributed by atoms with Gasteiger partial charge in [-0.3, -0.25) is 9.59 Å². The van der Waals surface area contributed by atoms with Gasteiger partial charge >= 0.3 is 0 Å². The minimum Gasteiger partial charge on any atom is -0.497 e. The summed E-state index contributed by atoms with van der Waals surface area (Å²) >= 11 is 1.61. The summed E-state index contributed by atoms with van der Waals surface area (Å²) in [5, 5.41) is 5.52. The number of furan rings is 1. The van der Waals surface area contributed by atoms with Crippen molar-refractivity contribution in [2.45, 2.75) is 12.5 Å². The molecule has 24 heavy (non-hydrogen) atoms. The van der Waals surface area contributed by atoms with Gasteiger partial charge in [-0.15, -0.1) is 0 Å². The number of amides is 2. The zero-order valence-corrected chi connectivity index (χ0v) is 14.4. The third-order valence-corrected chi connectivity index (χ3v) is 3.98. The largest absolute Gasteiger partial charge is 0.497 e. The van der Waals surface area contributed by atoms with E-state index in [9.17, 15) is 9.59 Å². The van der Waals surface area contributed by atoms with Crippen LogP contribution in [0.1, 0.15) is 17.0 Å². The van der Waals surface area contributed by atoms with Crippen molar-refractivity contribution in [3.05, 3.63) is 48.4 Å². The minimum absolute atomic E-state index is 0.182. The smallest absolute Gasteiger partial charge is 0.287 e. The Bertz CT molecular complexity index is 656. The summed E-state index contributed by atoms with van der Waals surface area (Å²) < 4.78 is 10.1. The molecule has 0 spiro atoms. The van der Waals surface area contributed by atoms with Crippen LogP contribution in [0, 0.1) is 0 Å². The number of hydrogen-bond donors (Lipinski definition) is 2. The van der Waals surface area contributed by atoms with Crippen molar-refractivity contribution in [3.8, 4) is 5.75 Å². The van der Waals surface area contributed by atoms with E-state index in [1.807, 2.05) is 6.26 Å². The average molecular weight is 348 g/mol. The molecule has 0 radical (unpaired) electrons. The van der Waals surface area contributed by atoms with Gasteiger partial charge in [-0.1, -0.05) is 0 Å². The first-order valence-corrected chi connectivity index (χ1v) is 8.81. The molecule has 1 aromatic heterocycles. The maximum absolute atomic E-state index is 12.5. The molecule has 0 saturated carbocycles. The van der Waals surface area contributed by atoms with E-state index in [1.165, 1.54) is 6.26 Å². The molecule has 0 unspecified atom stereocenters. The van der Waals surface area contributed by atoms with Gasteiger partial charge < -0.3 is 19.8 Å². The van der Waals surface area contributed by atoms with Gasteiger partial charge in [0.2, 0.25) is 5.91 Å². The molecule has 2 rings (SSSR count). The second-order valence-electron chi connectivity index (χ2n) is 5.00. The highest BCUT2D eigenvalue weighted by Gasteiger charge is 2.22. The Morgan fingerprint density at radius 2 is 2.00 bits per heavy atom. The number of nitrogens with one attached hydrogen (secondary N) is 2. The Labute approximate surface area is 144 Å². The average Bonchev–Trinajstić information content (AvgIpc) is 3.13. The molecular weight excluding hydrogens is 328 g/mol. The molecule has 7 heteroatoms. The van der Waals surface area contributed by atoms with E-state index in [-0.39, 0.29) is 11.7 Å². The van der Waals surface area contributed by atoms with E-state index in [4.69, 9.17) is 9.15 Å². The predicted octanol–water partition coefficient (Wildman–Crippen LogP) is 2.78. The van der Waals surface area contributed by atoms with Crippen molar-refractivity contribution in [2.24, 2.45) is 0 Å². The molecule has 6 nitrogen and oxygen atoms in total. The van der Waals surface area contributed by atoms with E-state index in [1.54, 1.807) is 55.3 Å². The van der Waals surface area contributed by atoms with Crippen molar-refractivity contribution in [2.75, 3.05) is 24.4 Å². The molecule has 2 N–H and O–H groups in total. The van der Waals surface area contributed by atoms with Gasteiger partial charge in [0.05, 0.1) is 13.4 Å². The van der Waals surface area contributed by atoms with Gasteiger partial charge in [-0.25, -0.2) is 0 Å². The molecule has 0 saturated heterocycles. The number of methoxy groups -OCH3 is 1. The second kappa shape index (κ2) is 9.02. The summed E-state index contributed by atoms with van der Waals surface area (Å²) in [6, 6.07) is 9.55. The monoisotopic (exact) mass is 348 g/mol. The van der Waals surface area contributed by atoms with Crippen LogP contribution >= 0.6 is 11.8 Å². The fourth-order valence-corrected chi connectivity index (χ4v) is 2.52. The number of thioether (sulfide) groups is 1. The van der Waals surface area contributed by atoms with E-state index in [0.717, 1.165) is 5.75 Å². The molecule has 0 aliphatic heterocycles. The zero-order chi connectivity index (χ0) is 17.4. The van der Waals surface area contributed by atoms with Crippen LogP contribution in [0.4, 0.5) is 5.69 Å². The SMILES string of the molecule is COc1ccc(NC(=O)[C@@H](CCSC)NC(=O)c2ccco2)cc1. The lowest BCUT2D eigenvalue weighted by Gasteiger charge is -2.17. The maximum Gasteiger partial charge on any atom is 0.287 e. The van der Waals surface area contributed by atoms with Gasteiger partial charge in [0.15, 0.2) is 5.76 Å². The summed E-state index contributed by atoms with van der Waals surface area (Å²) in [7, 11) is 1.58. The van der Waals surface area contributed by atoms with Crippen LogP contribution in [-0.2, 0) is 4.79 Å². The molecule has 2 amide bonds. The van der Waals surface area contributed by atoms with E-state index in [0.29, 0.717) is 17.9 Å². The first kappa shape index (κ1) is 17.9. The predicted molar refractivity (Wildman–Crippen MR) is 94.6 cm³/mol. The topological polar surface area (TPSA) is 80.6 Å². The Balaban J connectivity index is 2.02. The zero-order valence-electron chi connectivity index (χ0n) is 13.6. The summed E-state index contributed by atoms with van der Waals surface area (Å²) in [4.78, 5) is 24.6. The molecule has 0 bridgehead atoms. The van der Waals surface area contributed by atoms with Gasteiger partial charge in [0, 0.05) is 5.69 Å². The van der Waals surface area contributed by atoms with Crippen LogP contribution in [-0.4, -0.2) is 37.0 Å². The summed E-state index contributed by atoms with van der Waals surface area (Å²) in [6.45, 7) is 0. The number of carbonyl (C=O) groups excluding carboxylic acids is 2. The highest BCUT2D eigenvalue weighted by atomic mass is 32.2. The molecule has 1 aromatic carbocycles. The molecule has 0 aliphatic rings. The fourth-order valence-electron chi connectivity index (χ4n) is 2.05. The normalized spacial score (nSPS) is 11.6. The van der Waals surface area contributed by atoms with Crippen molar-refractivity contribution < 1.29 is 18.7 Å². The number of hydrogen-bond acceptors (Lipinski definition) is 5. The lowest BCUT2D eigenvalue weighted by molar-refractivity contribution is -0.118. The summed E-state index contributed by atoms with van der Waals surface area (Å²) in [5.74, 6) is 0.962. The third kappa shape index (κ3) is 5.06. The van der Waals surface area contributed by atoms with E-state index >= 15 is 0 Å².